The third kappa shape index (κ3) is 3.38. The van der Waals surface area contributed by atoms with Gasteiger partial charge < -0.3 is 19.7 Å². The highest BCUT2D eigenvalue weighted by Gasteiger charge is 2.42. The van der Waals surface area contributed by atoms with Crippen LogP contribution in [0.1, 0.15) is 39.0 Å². The van der Waals surface area contributed by atoms with Gasteiger partial charge in [-0.05, 0) is 41.0 Å². The second-order valence-electron chi connectivity index (χ2n) is 7.62. The predicted octanol–water partition coefficient (Wildman–Crippen LogP) is 3.04. The zero-order chi connectivity index (χ0) is 21.4. The Bertz CT molecular complexity index is 1150. The van der Waals surface area contributed by atoms with Gasteiger partial charge in [0.2, 0.25) is 12.7 Å². The van der Waals surface area contributed by atoms with E-state index in [1.807, 2.05) is 48.5 Å². The lowest BCUT2D eigenvalue weighted by Crippen LogP contribution is -2.45. The topological polar surface area (TPSA) is 80.8 Å². The van der Waals surface area contributed by atoms with Gasteiger partial charge in [0.1, 0.15) is 0 Å². The van der Waals surface area contributed by atoms with Crippen molar-refractivity contribution >= 4 is 11.8 Å². The van der Waals surface area contributed by atoms with Crippen molar-refractivity contribution in [3.05, 3.63) is 89.2 Å². The number of fused-ring (bicyclic) bond motifs is 2. The molecule has 0 saturated heterocycles. The lowest BCUT2D eigenvalue weighted by Gasteiger charge is -2.39. The third-order valence-electron chi connectivity index (χ3n) is 5.79. The van der Waals surface area contributed by atoms with Gasteiger partial charge in [0.05, 0.1) is 12.0 Å². The molecule has 0 saturated carbocycles. The summed E-state index contributed by atoms with van der Waals surface area (Å²) in [5, 5.41) is 3.02. The van der Waals surface area contributed by atoms with Crippen LogP contribution >= 0.6 is 0 Å². The first-order valence-corrected chi connectivity index (χ1v) is 10.1. The number of carbonyl (C=O) groups excluding carboxylic acids is 2. The fourth-order valence-corrected chi connectivity index (χ4v) is 4.27. The van der Waals surface area contributed by atoms with Crippen molar-refractivity contribution < 1.29 is 19.1 Å². The van der Waals surface area contributed by atoms with Crippen molar-refractivity contribution in [2.75, 3.05) is 13.8 Å². The third-order valence-corrected chi connectivity index (χ3v) is 5.79. The average Bonchev–Trinajstić information content (AvgIpc) is 3.28. The minimum atomic E-state index is -0.573. The summed E-state index contributed by atoms with van der Waals surface area (Å²) in [5.41, 5.74) is 2.99. The number of aromatic nitrogens is 1. The Balaban J connectivity index is 1.54. The molecule has 0 aliphatic carbocycles. The Morgan fingerprint density at radius 2 is 1.97 bits per heavy atom. The molecule has 5 rings (SSSR count). The van der Waals surface area contributed by atoms with E-state index < -0.39 is 12.0 Å². The van der Waals surface area contributed by atoms with Crippen LogP contribution in [-0.4, -0.2) is 35.5 Å². The van der Waals surface area contributed by atoms with Gasteiger partial charge in [-0.2, -0.15) is 0 Å². The number of nitrogens with zero attached hydrogens (tertiary/aromatic N) is 2. The normalized spacial score (nSPS) is 19.1. The number of likely N-dealkylation sites (N-methyl/N-ethyl adjacent to an activating group) is 1. The molecule has 3 heterocycles. The van der Waals surface area contributed by atoms with Crippen molar-refractivity contribution in [1.29, 1.82) is 0 Å². The Morgan fingerprint density at radius 3 is 2.81 bits per heavy atom. The van der Waals surface area contributed by atoms with Crippen molar-refractivity contribution in [2.45, 2.75) is 18.5 Å². The van der Waals surface area contributed by atoms with E-state index in [4.69, 9.17) is 9.47 Å². The van der Waals surface area contributed by atoms with Gasteiger partial charge in [-0.15, -0.1) is 0 Å². The molecular formula is C24H21N3O4. The largest absolute Gasteiger partial charge is 0.454 e. The van der Waals surface area contributed by atoms with Gasteiger partial charge in [-0.3, -0.25) is 14.6 Å². The summed E-state index contributed by atoms with van der Waals surface area (Å²) in [5.74, 6) is 0.432. The van der Waals surface area contributed by atoms with E-state index in [1.54, 1.807) is 30.4 Å². The molecule has 31 heavy (non-hydrogen) atoms. The van der Waals surface area contributed by atoms with Crippen molar-refractivity contribution in [2.24, 2.45) is 0 Å². The van der Waals surface area contributed by atoms with E-state index in [0.717, 1.165) is 16.7 Å². The molecule has 2 amide bonds. The number of pyridine rings is 1. The van der Waals surface area contributed by atoms with Gasteiger partial charge in [0, 0.05) is 31.5 Å². The number of carbonyl (C=O) groups is 2. The van der Waals surface area contributed by atoms with Crippen LogP contribution in [0.5, 0.6) is 11.5 Å². The van der Waals surface area contributed by atoms with E-state index >= 15 is 0 Å². The first kappa shape index (κ1) is 19.1. The van der Waals surface area contributed by atoms with Crippen molar-refractivity contribution in [1.82, 2.24) is 15.2 Å². The first-order valence-electron chi connectivity index (χ1n) is 10.1. The number of ether oxygens (including phenoxy) is 2. The highest BCUT2D eigenvalue weighted by Crippen LogP contribution is 2.44. The number of amides is 2. The Labute approximate surface area is 179 Å². The maximum atomic E-state index is 13.5. The average molecular weight is 415 g/mol. The molecular weight excluding hydrogens is 394 g/mol. The maximum absolute atomic E-state index is 13.5. The van der Waals surface area contributed by atoms with Gasteiger partial charge in [-0.25, -0.2) is 0 Å². The minimum Gasteiger partial charge on any atom is -0.454 e. The smallest absolute Gasteiger partial charge is 0.254 e. The SMILES string of the molecule is CN1C(=O)c2ccccc2[C@H](C(=O)NCc2cccnc2)[C@H]1c1ccc2c(c1)OCO2. The highest BCUT2D eigenvalue weighted by molar-refractivity contribution is 6.01. The Morgan fingerprint density at radius 1 is 1.13 bits per heavy atom. The summed E-state index contributed by atoms with van der Waals surface area (Å²) in [6, 6.07) is 16.1. The molecule has 2 aromatic carbocycles. The molecule has 0 fully saturated rings. The number of hydrogen-bond donors (Lipinski definition) is 1. The molecule has 0 unspecified atom stereocenters. The van der Waals surface area contributed by atoms with Crippen LogP contribution < -0.4 is 14.8 Å². The number of hydrogen-bond acceptors (Lipinski definition) is 5. The van der Waals surface area contributed by atoms with E-state index in [-0.39, 0.29) is 18.6 Å². The lowest BCUT2D eigenvalue weighted by atomic mass is 9.79. The molecule has 7 heteroatoms. The van der Waals surface area contributed by atoms with E-state index in [9.17, 15) is 9.59 Å². The summed E-state index contributed by atoms with van der Waals surface area (Å²) in [6.07, 6.45) is 3.42. The Hall–Kier alpha value is -3.87. The number of nitrogens with one attached hydrogen (secondary N) is 1. The predicted molar refractivity (Wildman–Crippen MR) is 113 cm³/mol. The van der Waals surface area contributed by atoms with Gasteiger partial charge in [0.25, 0.3) is 5.91 Å². The maximum Gasteiger partial charge on any atom is 0.254 e. The highest BCUT2D eigenvalue weighted by atomic mass is 16.7. The van der Waals surface area contributed by atoms with E-state index in [2.05, 4.69) is 10.3 Å². The fourth-order valence-electron chi connectivity index (χ4n) is 4.27. The summed E-state index contributed by atoms with van der Waals surface area (Å²) < 4.78 is 10.9. The van der Waals surface area contributed by atoms with Crippen LogP contribution in [-0.2, 0) is 11.3 Å². The second kappa shape index (κ2) is 7.75. The monoisotopic (exact) mass is 415 g/mol. The molecule has 156 valence electrons. The summed E-state index contributed by atoms with van der Waals surface area (Å²) in [6.45, 7) is 0.521. The van der Waals surface area contributed by atoms with E-state index in [1.165, 1.54) is 0 Å². The van der Waals surface area contributed by atoms with Crippen LogP contribution in [0.25, 0.3) is 0 Å². The molecule has 3 aromatic rings. The van der Waals surface area contributed by atoms with Crippen LogP contribution in [0.2, 0.25) is 0 Å². The molecule has 2 aliphatic heterocycles. The Kier molecular flexibility index (Phi) is 4.78. The van der Waals surface area contributed by atoms with Gasteiger partial charge in [-0.1, -0.05) is 30.3 Å². The minimum absolute atomic E-state index is 0.116. The van der Waals surface area contributed by atoms with Crippen molar-refractivity contribution in [3.63, 3.8) is 0 Å². The standard InChI is InChI=1S/C24H21N3O4/c1-27-22(16-8-9-19-20(11-16)31-14-30-19)21(17-6-2-3-7-18(17)24(27)29)23(28)26-13-15-5-4-10-25-12-15/h2-12,21-22H,13-14H2,1H3,(H,26,28)/t21-,22+/m0/s1. The number of rotatable bonds is 4. The molecule has 0 radical (unpaired) electrons. The lowest BCUT2D eigenvalue weighted by molar-refractivity contribution is -0.124. The van der Waals surface area contributed by atoms with Crippen LogP contribution in [0.4, 0.5) is 0 Å². The molecule has 2 atom stereocenters. The van der Waals surface area contributed by atoms with Crippen LogP contribution in [0.3, 0.4) is 0 Å². The summed E-state index contributed by atoms with van der Waals surface area (Å²) in [7, 11) is 1.73. The quantitative estimate of drug-likeness (QED) is 0.709. The number of benzene rings is 2. The van der Waals surface area contributed by atoms with E-state index in [0.29, 0.717) is 23.6 Å². The zero-order valence-electron chi connectivity index (χ0n) is 16.9. The van der Waals surface area contributed by atoms with Gasteiger partial charge >= 0.3 is 0 Å². The van der Waals surface area contributed by atoms with Gasteiger partial charge in [0.15, 0.2) is 11.5 Å². The van der Waals surface area contributed by atoms with Crippen molar-refractivity contribution in [3.8, 4) is 11.5 Å². The molecule has 1 N–H and O–H groups in total. The molecule has 2 aliphatic rings. The second-order valence-corrected chi connectivity index (χ2v) is 7.62. The molecule has 1 aromatic heterocycles. The fraction of sp³-hybridized carbons (Fsp3) is 0.208. The summed E-state index contributed by atoms with van der Waals surface area (Å²) in [4.78, 5) is 32.3. The molecule has 0 bridgehead atoms. The van der Waals surface area contributed by atoms with Crippen LogP contribution in [0.15, 0.2) is 67.0 Å². The van der Waals surface area contributed by atoms with Crippen LogP contribution in [0, 0.1) is 0 Å². The molecule has 7 nitrogen and oxygen atoms in total. The first-order chi connectivity index (χ1) is 15.1. The zero-order valence-corrected chi connectivity index (χ0v) is 16.9. The molecule has 0 spiro atoms. The summed E-state index contributed by atoms with van der Waals surface area (Å²) >= 11 is 0.